The van der Waals surface area contributed by atoms with E-state index in [4.69, 9.17) is 0 Å². The van der Waals surface area contributed by atoms with Gasteiger partial charge in [0.15, 0.2) is 17.5 Å². The summed E-state index contributed by atoms with van der Waals surface area (Å²) < 4.78 is 52.7. The summed E-state index contributed by atoms with van der Waals surface area (Å²) in [6.07, 6.45) is 1.34. The van der Waals surface area contributed by atoms with Gasteiger partial charge in [-0.15, -0.1) is 0 Å². The van der Waals surface area contributed by atoms with Crippen LogP contribution in [0.5, 0.6) is 0 Å². The highest BCUT2D eigenvalue weighted by Gasteiger charge is 2.32. The minimum absolute atomic E-state index is 0.00105. The predicted molar refractivity (Wildman–Crippen MR) is 72.1 cm³/mol. The van der Waals surface area contributed by atoms with Gasteiger partial charge in [-0.05, 0) is 30.4 Å². The topological polar surface area (TPSA) is 12.0 Å². The molecular weight excluding hydrogens is 282 g/mol. The molecule has 0 aliphatic heterocycles. The molecule has 21 heavy (non-hydrogen) atoms. The van der Waals surface area contributed by atoms with Crippen LogP contribution in [0.4, 0.5) is 23.2 Å². The number of benzene rings is 2. The molecule has 0 saturated heterocycles. The summed E-state index contributed by atoms with van der Waals surface area (Å²) in [6.45, 7) is 0. The van der Waals surface area contributed by atoms with E-state index in [1.165, 1.54) is 6.07 Å². The van der Waals surface area contributed by atoms with Crippen LogP contribution in [0.25, 0.3) is 0 Å². The minimum atomic E-state index is -1.47. The van der Waals surface area contributed by atoms with Gasteiger partial charge in [-0.2, -0.15) is 0 Å². The Hall–Kier alpha value is -2.04. The molecule has 1 nitrogen and oxygen atoms in total. The average Bonchev–Trinajstić information content (AvgIpc) is 2.41. The summed E-state index contributed by atoms with van der Waals surface area (Å²) >= 11 is 0. The van der Waals surface area contributed by atoms with E-state index in [0.717, 1.165) is 12.1 Å². The molecule has 3 rings (SSSR count). The predicted octanol–water partition coefficient (Wildman–Crippen LogP) is 4.60. The molecule has 1 aliphatic rings. The van der Waals surface area contributed by atoms with E-state index in [9.17, 15) is 17.6 Å². The fraction of sp³-hybridized carbons (Fsp3) is 0.250. The molecule has 110 valence electrons. The van der Waals surface area contributed by atoms with Gasteiger partial charge in [0, 0.05) is 23.9 Å². The van der Waals surface area contributed by atoms with E-state index < -0.39 is 17.5 Å². The van der Waals surface area contributed by atoms with Crippen LogP contribution in [0.15, 0.2) is 36.4 Å². The smallest absolute Gasteiger partial charge is 0.194 e. The molecule has 0 heterocycles. The van der Waals surface area contributed by atoms with Crippen molar-refractivity contribution in [1.29, 1.82) is 0 Å². The van der Waals surface area contributed by atoms with E-state index in [1.807, 2.05) is 0 Å². The second-order valence-electron chi connectivity index (χ2n) is 5.28. The Morgan fingerprint density at radius 3 is 2.10 bits per heavy atom. The van der Waals surface area contributed by atoms with Crippen LogP contribution < -0.4 is 5.32 Å². The highest BCUT2D eigenvalue weighted by Crippen LogP contribution is 2.39. The summed E-state index contributed by atoms with van der Waals surface area (Å²) in [7, 11) is 0. The lowest BCUT2D eigenvalue weighted by Gasteiger charge is -2.37. The fourth-order valence-electron chi connectivity index (χ4n) is 2.67. The highest BCUT2D eigenvalue weighted by atomic mass is 19.2. The molecule has 0 radical (unpaired) electrons. The summed E-state index contributed by atoms with van der Waals surface area (Å²) in [6, 6.07) is 8.43. The quantitative estimate of drug-likeness (QED) is 0.644. The van der Waals surface area contributed by atoms with Crippen molar-refractivity contribution in [3.63, 3.8) is 0 Å². The first-order valence-corrected chi connectivity index (χ1v) is 6.70. The standard InChI is InChI=1S/C16H13F4N/c17-13-4-2-1-3-12(13)9-5-10(6-9)21-11-7-14(18)16(20)15(19)8-11/h1-4,7-10,21H,5-6H2. The molecule has 0 atom stereocenters. The number of rotatable bonds is 3. The monoisotopic (exact) mass is 295 g/mol. The van der Waals surface area contributed by atoms with Crippen LogP contribution in [0.2, 0.25) is 0 Å². The molecule has 0 amide bonds. The molecule has 2 aromatic carbocycles. The molecule has 1 saturated carbocycles. The Balaban J connectivity index is 1.64. The highest BCUT2D eigenvalue weighted by molar-refractivity contribution is 5.46. The molecule has 0 aromatic heterocycles. The Bertz CT molecular complexity index is 642. The second kappa shape index (κ2) is 5.39. The molecule has 1 aliphatic carbocycles. The van der Waals surface area contributed by atoms with Crippen molar-refractivity contribution in [3.05, 3.63) is 65.2 Å². The third kappa shape index (κ3) is 2.73. The molecule has 1 fully saturated rings. The molecule has 1 N–H and O–H groups in total. The zero-order valence-electron chi connectivity index (χ0n) is 11.0. The van der Waals surface area contributed by atoms with Crippen molar-refractivity contribution < 1.29 is 17.6 Å². The third-order valence-electron chi connectivity index (χ3n) is 3.84. The van der Waals surface area contributed by atoms with Crippen molar-refractivity contribution in [3.8, 4) is 0 Å². The number of halogens is 4. The van der Waals surface area contributed by atoms with E-state index in [-0.39, 0.29) is 23.5 Å². The van der Waals surface area contributed by atoms with Gasteiger partial charge in [0.25, 0.3) is 0 Å². The molecule has 0 spiro atoms. The van der Waals surface area contributed by atoms with E-state index in [0.29, 0.717) is 18.4 Å². The summed E-state index contributed by atoms with van der Waals surface area (Å²) in [5.41, 5.74) is 0.857. The molecule has 0 bridgehead atoms. The maximum Gasteiger partial charge on any atom is 0.194 e. The van der Waals surface area contributed by atoms with Gasteiger partial charge in [0.05, 0.1) is 0 Å². The van der Waals surface area contributed by atoms with E-state index in [1.54, 1.807) is 18.2 Å². The second-order valence-corrected chi connectivity index (χ2v) is 5.28. The Morgan fingerprint density at radius 2 is 1.48 bits per heavy atom. The van der Waals surface area contributed by atoms with Gasteiger partial charge >= 0.3 is 0 Å². The Labute approximate surface area is 119 Å². The minimum Gasteiger partial charge on any atom is -0.382 e. The molecule has 0 unspecified atom stereocenters. The third-order valence-corrected chi connectivity index (χ3v) is 3.84. The van der Waals surface area contributed by atoms with Crippen molar-refractivity contribution in [2.24, 2.45) is 0 Å². The maximum absolute atomic E-state index is 13.6. The Morgan fingerprint density at radius 1 is 0.857 bits per heavy atom. The number of hydrogen-bond acceptors (Lipinski definition) is 1. The lowest BCUT2D eigenvalue weighted by atomic mass is 9.75. The van der Waals surface area contributed by atoms with Gasteiger partial charge in [-0.25, -0.2) is 17.6 Å². The van der Waals surface area contributed by atoms with Gasteiger partial charge in [-0.1, -0.05) is 18.2 Å². The first-order valence-electron chi connectivity index (χ1n) is 6.70. The van der Waals surface area contributed by atoms with Crippen LogP contribution >= 0.6 is 0 Å². The first kappa shape index (κ1) is 13.9. The van der Waals surface area contributed by atoms with Crippen LogP contribution in [0.3, 0.4) is 0 Å². The zero-order valence-corrected chi connectivity index (χ0v) is 11.0. The number of hydrogen-bond donors (Lipinski definition) is 1. The van der Waals surface area contributed by atoms with E-state index >= 15 is 0 Å². The normalized spacial score (nSPS) is 21.0. The van der Waals surface area contributed by atoms with Gasteiger partial charge in [-0.3, -0.25) is 0 Å². The molecule has 5 heteroatoms. The van der Waals surface area contributed by atoms with E-state index in [2.05, 4.69) is 5.32 Å². The summed E-state index contributed by atoms with van der Waals surface area (Å²) in [5, 5.41) is 2.94. The molecule has 2 aromatic rings. The van der Waals surface area contributed by atoms with Gasteiger partial charge in [0.1, 0.15) is 5.82 Å². The lowest BCUT2D eigenvalue weighted by molar-refractivity contribution is 0.362. The summed E-state index contributed by atoms with van der Waals surface area (Å²) in [5.74, 6) is -4.05. The largest absolute Gasteiger partial charge is 0.382 e. The lowest BCUT2D eigenvalue weighted by Crippen LogP contribution is -2.34. The summed E-state index contributed by atoms with van der Waals surface area (Å²) in [4.78, 5) is 0. The SMILES string of the molecule is Fc1ccccc1C1CC(Nc2cc(F)c(F)c(F)c2)C1. The fourth-order valence-corrected chi connectivity index (χ4v) is 2.67. The van der Waals surface area contributed by atoms with Crippen LogP contribution in [0.1, 0.15) is 24.3 Å². The van der Waals surface area contributed by atoms with Gasteiger partial charge in [0.2, 0.25) is 0 Å². The van der Waals surface area contributed by atoms with Crippen molar-refractivity contribution in [1.82, 2.24) is 0 Å². The van der Waals surface area contributed by atoms with Crippen LogP contribution in [0, 0.1) is 23.3 Å². The Kier molecular flexibility index (Phi) is 3.57. The first-order chi connectivity index (χ1) is 10.0. The van der Waals surface area contributed by atoms with Gasteiger partial charge < -0.3 is 5.32 Å². The van der Waals surface area contributed by atoms with Crippen molar-refractivity contribution in [2.45, 2.75) is 24.8 Å². The van der Waals surface area contributed by atoms with Crippen molar-refractivity contribution in [2.75, 3.05) is 5.32 Å². The molecular formula is C16H13F4N. The zero-order chi connectivity index (χ0) is 15.0. The number of nitrogens with one attached hydrogen (secondary N) is 1. The van der Waals surface area contributed by atoms with Crippen molar-refractivity contribution >= 4 is 5.69 Å². The maximum atomic E-state index is 13.6. The van der Waals surface area contributed by atoms with Crippen LogP contribution in [-0.2, 0) is 0 Å². The number of anilines is 1. The average molecular weight is 295 g/mol. The van der Waals surface area contributed by atoms with Crippen LogP contribution in [-0.4, -0.2) is 6.04 Å².